The molecule has 1 aromatic rings. The van der Waals surface area contributed by atoms with Gasteiger partial charge in [0.25, 0.3) is 0 Å². The third-order valence-corrected chi connectivity index (χ3v) is 4.51. The van der Waals surface area contributed by atoms with Crippen LogP contribution in [-0.2, 0) is 21.1 Å². The van der Waals surface area contributed by atoms with E-state index in [-0.39, 0.29) is 23.8 Å². The van der Waals surface area contributed by atoms with Gasteiger partial charge in [0.05, 0.1) is 29.5 Å². The van der Waals surface area contributed by atoms with Crippen molar-refractivity contribution in [2.24, 2.45) is 0 Å². The van der Waals surface area contributed by atoms with Crippen molar-refractivity contribution in [3.8, 4) is 0 Å². The van der Waals surface area contributed by atoms with Crippen molar-refractivity contribution in [2.45, 2.75) is 25.2 Å². The van der Waals surface area contributed by atoms with Crippen LogP contribution >= 0.6 is 0 Å². The van der Waals surface area contributed by atoms with Gasteiger partial charge in [-0.05, 0) is 6.42 Å². The number of oxazole rings is 1. The number of hydrogen-bond acceptors (Lipinski definition) is 5. The second-order valence-electron chi connectivity index (χ2n) is 4.17. The van der Waals surface area contributed by atoms with Crippen LogP contribution in [0.2, 0.25) is 0 Å². The van der Waals surface area contributed by atoms with E-state index in [1.54, 1.807) is 0 Å². The van der Waals surface area contributed by atoms with Gasteiger partial charge in [0, 0.05) is 6.42 Å². The lowest BCUT2D eigenvalue weighted by atomic mass is 10.1. The number of carbonyl (C=O) groups is 1. The van der Waals surface area contributed by atoms with Gasteiger partial charge in [-0.15, -0.1) is 0 Å². The van der Waals surface area contributed by atoms with E-state index in [9.17, 15) is 13.2 Å². The van der Waals surface area contributed by atoms with E-state index in [4.69, 9.17) is 9.52 Å². The van der Waals surface area contributed by atoms with E-state index in [2.05, 4.69) is 4.98 Å². The van der Waals surface area contributed by atoms with Gasteiger partial charge >= 0.3 is 5.97 Å². The first-order chi connectivity index (χ1) is 7.96. The fourth-order valence-electron chi connectivity index (χ4n) is 1.85. The van der Waals surface area contributed by atoms with Gasteiger partial charge in [-0.1, -0.05) is 0 Å². The van der Waals surface area contributed by atoms with Crippen LogP contribution < -0.4 is 0 Å². The van der Waals surface area contributed by atoms with Gasteiger partial charge in [-0.25, -0.2) is 13.4 Å². The minimum atomic E-state index is -2.95. The van der Waals surface area contributed by atoms with Gasteiger partial charge in [0.15, 0.2) is 15.7 Å². The molecular weight excluding hydrogens is 246 g/mol. The zero-order valence-electron chi connectivity index (χ0n) is 9.13. The number of rotatable bonds is 4. The van der Waals surface area contributed by atoms with Gasteiger partial charge in [-0.3, -0.25) is 4.79 Å². The Morgan fingerprint density at radius 3 is 2.94 bits per heavy atom. The first kappa shape index (κ1) is 12.1. The molecule has 1 aliphatic rings. The molecule has 94 valence electrons. The van der Waals surface area contributed by atoms with Crippen LogP contribution in [-0.4, -0.2) is 36.0 Å². The molecule has 2 rings (SSSR count). The predicted molar refractivity (Wildman–Crippen MR) is 58.5 cm³/mol. The summed E-state index contributed by atoms with van der Waals surface area (Å²) in [5.74, 6) is -0.417. The molecule has 1 fully saturated rings. The summed E-state index contributed by atoms with van der Waals surface area (Å²) in [6.07, 6.45) is 2.23. The first-order valence-electron chi connectivity index (χ1n) is 5.33. The number of carboxylic acids is 1. The minimum absolute atomic E-state index is 0.00502. The summed E-state index contributed by atoms with van der Waals surface area (Å²) in [5, 5.41) is 8.52. The van der Waals surface area contributed by atoms with Crippen molar-refractivity contribution in [3.63, 3.8) is 0 Å². The molecule has 1 atom stereocenters. The molecular formula is C10H13NO5S. The fraction of sp³-hybridized carbons (Fsp3) is 0.600. The molecule has 1 saturated heterocycles. The van der Waals surface area contributed by atoms with Crippen LogP contribution in [0.5, 0.6) is 0 Å². The van der Waals surface area contributed by atoms with E-state index >= 15 is 0 Å². The van der Waals surface area contributed by atoms with Crippen LogP contribution in [0, 0.1) is 0 Å². The van der Waals surface area contributed by atoms with Gasteiger partial charge in [-0.2, -0.15) is 0 Å². The molecule has 0 spiro atoms. The van der Waals surface area contributed by atoms with Crippen molar-refractivity contribution in [2.75, 3.05) is 11.5 Å². The molecule has 1 unspecified atom stereocenters. The monoisotopic (exact) mass is 259 g/mol. The maximum atomic E-state index is 11.3. The van der Waals surface area contributed by atoms with Crippen LogP contribution in [0.3, 0.4) is 0 Å². The maximum Gasteiger partial charge on any atom is 0.303 e. The number of aliphatic carboxylic acids is 1. The fourth-order valence-corrected chi connectivity index (χ4v) is 3.58. The molecule has 0 saturated carbocycles. The van der Waals surface area contributed by atoms with Crippen molar-refractivity contribution < 1.29 is 22.7 Å². The van der Waals surface area contributed by atoms with Gasteiger partial charge in [0.1, 0.15) is 6.26 Å². The van der Waals surface area contributed by atoms with E-state index in [1.807, 2.05) is 0 Å². The topological polar surface area (TPSA) is 97.5 Å². The minimum Gasteiger partial charge on any atom is -0.481 e. The molecule has 1 aromatic heterocycles. The summed E-state index contributed by atoms with van der Waals surface area (Å²) < 4.78 is 27.8. The number of sulfone groups is 1. The quantitative estimate of drug-likeness (QED) is 0.850. The average molecular weight is 259 g/mol. The maximum absolute atomic E-state index is 11.3. The lowest BCUT2D eigenvalue weighted by Crippen LogP contribution is -2.04. The van der Waals surface area contributed by atoms with E-state index in [0.717, 1.165) is 0 Å². The Balaban J connectivity index is 2.01. The Hall–Kier alpha value is -1.37. The van der Waals surface area contributed by atoms with Crippen LogP contribution in [0.4, 0.5) is 0 Å². The predicted octanol–water partition coefficient (Wildman–Crippen LogP) is 0.594. The largest absolute Gasteiger partial charge is 0.481 e. The normalized spacial score (nSPS) is 22.7. The third-order valence-electron chi connectivity index (χ3n) is 2.75. The Kier molecular flexibility index (Phi) is 3.19. The van der Waals surface area contributed by atoms with Gasteiger partial charge in [0.2, 0.25) is 0 Å². The summed E-state index contributed by atoms with van der Waals surface area (Å²) in [6.45, 7) is 0. The van der Waals surface area contributed by atoms with Gasteiger partial charge < -0.3 is 9.52 Å². The lowest BCUT2D eigenvalue weighted by Gasteiger charge is -1.99. The lowest BCUT2D eigenvalue weighted by molar-refractivity contribution is -0.136. The van der Waals surface area contributed by atoms with Crippen molar-refractivity contribution in [1.29, 1.82) is 0 Å². The van der Waals surface area contributed by atoms with E-state index in [1.165, 1.54) is 6.26 Å². The Morgan fingerprint density at radius 1 is 1.59 bits per heavy atom. The highest BCUT2D eigenvalue weighted by Gasteiger charge is 2.32. The molecule has 0 bridgehead atoms. The summed E-state index contributed by atoms with van der Waals surface area (Å²) in [7, 11) is -2.95. The highest BCUT2D eigenvalue weighted by molar-refractivity contribution is 7.91. The SMILES string of the molecule is O=C(O)CCc1coc(C2CCS(=O)(=O)C2)n1. The molecule has 2 heterocycles. The second kappa shape index (κ2) is 4.48. The van der Waals surface area contributed by atoms with Crippen molar-refractivity contribution in [1.82, 2.24) is 4.98 Å². The van der Waals surface area contributed by atoms with Crippen molar-refractivity contribution in [3.05, 3.63) is 17.8 Å². The highest BCUT2D eigenvalue weighted by atomic mass is 32.2. The van der Waals surface area contributed by atoms with E-state index < -0.39 is 15.8 Å². The second-order valence-corrected chi connectivity index (χ2v) is 6.40. The van der Waals surface area contributed by atoms with Crippen LogP contribution in [0.1, 0.15) is 30.3 Å². The molecule has 6 nitrogen and oxygen atoms in total. The number of nitrogens with zero attached hydrogens (tertiary/aromatic N) is 1. The number of carboxylic acid groups (broad SMARTS) is 1. The number of aryl methyl sites for hydroxylation is 1. The Morgan fingerprint density at radius 2 is 2.35 bits per heavy atom. The molecule has 0 amide bonds. The Labute approximate surface area is 98.6 Å². The summed E-state index contributed by atoms with van der Waals surface area (Å²) in [4.78, 5) is 14.5. The molecule has 17 heavy (non-hydrogen) atoms. The molecule has 1 N–H and O–H groups in total. The first-order valence-corrected chi connectivity index (χ1v) is 7.15. The zero-order chi connectivity index (χ0) is 12.5. The standard InChI is InChI=1S/C10H13NO5S/c12-9(13)2-1-8-5-16-10(11-8)7-3-4-17(14,15)6-7/h5,7H,1-4,6H2,(H,12,13). The van der Waals surface area contributed by atoms with Crippen molar-refractivity contribution >= 4 is 15.8 Å². The molecule has 7 heteroatoms. The Bertz CT molecular complexity index is 519. The summed E-state index contributed by atoms with van der Waals surface area (Å²) in [5.41, 5.74) is 0.562. The number of aromatic nitrogens is 1. The molecule has 0 aromatic carbocycles. The van der Waals surface area contributed by atoms with Crippen LogP contribution in [0.15, 0.2) is 10.7 Å². The summed E-state index contributed by atoms with van der Waals surface area (Å²) in [6, 6.07) is 0. The highest BCUT2D eigenvalue weighted by Crippen LogP contribution is 2.28. The third kappa shape index (κ3) is 3.06. The van der Waals surface area contributed by atoms with E-state index in [0.29, 0.717) is 24.4 Å². The number of hydrogen-bond donors (Lipinski definition) is 1. The zero-order valence-corrected chi connectivity index (χ0v) is 9.94. The summed E-state index contributed by atoms with van der Waals surface area (Å²) >= 11 is 0. The smallest absolute Gasteiger partial charge is 0.303 e. The molecule has 0 radical (unpaired) electrons. The van der Waals surface area contributed by atoms with Crippen LogP contribution in [0.25, 0.3) is 0 Å². The molecule has 1 aliphatic heterocycles. The average Bonchev–Trinajstić information content (AvgIpc) is 2.81. The molecule has 0 aliphatic carbocycles.